The highest BCUT2D eigenvalue weighted by Crippen LogP contribution is 2.25. The molecular formula is C44H82O2. The van der Waals surface area contributed by atoms with Crippen molar-refractivity contribution < 1.29 is 9.47 Å². The van der Waals surface area contributed by atoms with Crippen molar-refractivity contribution in [3.8, 4) is 11.5 Å². The molecule has 2 heteroatoms. The lowest BCUT2D eigenvalue weighted by atomic mass is 10.0. The van der Waals surface area contributed by atoms with Gasteiger partial charge in [-0.05, 0) is 75.6 Å². The monoisotopic (exact) mass is 643 g/mol. The molecule has 2 unspecified atom stereocenters. The molecule has 0 bridgehead atoms. The topological polar surface area (TPSA) is 18.5 Å². The smallest absolute Gasteiger partial charge is 0.119 e. The van der Waals surface area contributed by atoms with Crippen LogP contribution in [-0.2, 0) is 0 Å². The first-order valence-corrected chi connectivity index (χ1v) is 21.2. The van der Waals surface area contributed by atoms with Crippen LogP contribution in [-0.4, -0.2) is 12.2 Å². The molecule has 0 amide bonds. The van der Waals surface area contributed by atoms with E-state index in [2.05, 4.69) is 52.0 Å². The molecule has 0 spiro atoms. The van der Waals surface area contributed by atoms with Crippen molar-refractivity contribution in [2.24, 2.45) is 0 Å². The van der Waals surface area contributed by atoms with Crippen molar-refractivity contribution in [3.63, 3.8) is 0 Å². The zero-order valence-electron chi connectivity index (χ0n) is 31.9. The fourth-order valence-electron chi connectivity index (χ4n) is 6.82. The molecule has 1 rings (SSSR count). The van der Waals surface area contributed by atoms with Crippen LogP contribution in [0.25, 0.3) is 0 Å². The summed E-state index contributed by atoms with van der Waals surface area (Å²) in [4.78, 5) is 0. The van der Waals surface area contributed by atoms with Gasteiger partial charge in [0, 0.05) is 0 Å². The van der Waals surface area contributed by atoms with Gasteiger partial charge in [-0.1, -0.05) is 182 Å². The molecule has 0 saturated heterocycles. The Morgan fingerprint density at radius 1 is 0.304 bits per heavy atom. The minimum Gasteiger partial charge on any atom is -0.490 e. The van der Waals surface area contributed by atoms with Crippen LogP contribution in [0, 0.1) is 0 Å². The van der Waals surface area contributed by atoms with Crippen molar-refractivity contribution in [1.29, 1.82) is 0 Å². The first-order chi connectivity index (χ1) is 22.7. The zero-order chi connectivity index (χ0) is 33.2. The Kier molecular flexibility index (Phi) is 31.4. The van der Waals surface area contributed by atoms with Gasteiger partial charge in [0.2, 0.25) is 0 Å². The molecule has 46 heavy (non-hydrogen) atoms. The molecule has 2 nitrogen and oxygen atoms in total. The Bertz CT molecular complexity index is 652. The Balaban J connectivity index is 2.39. The van der Waals surface area contributed by atoms with E-state index in [9.17, 15) is 0 Å². The van der Waals surface area contributed by atoms with Gasteiger partial charge in [0.05, 0.1) is 12.2 Å². The van der Waals surface area contributed by atoms with Crippen LogP contribution >= 0.6 is 0 Å². The lowest BCUT2D eigenvalue weighted by Gasteiger charge is -2.21. The Morgan fingerprint density at radius 3 is 0.761 bits per heavy atom. The molecule has 1 aromatic carbocycles. The molecule has 0 aliphatic carbocycles. The molecule has 0 heterocycles. The average Bonchev–Trinajstić information content (AvgIpc) is 3.06. The highest BCUT2D eigenvalue weighted by Gasteiger charge is 2.13. The second kappa shape index (κ2) is 33.7. The van der Waals surface area contributed by atoms with Crippen molar-refractivity contribution in [3.05, 3.63) is 24.3 Å². The first-order valence-electron chi connectivity index (χ1n) is 21.2. The third-order valence-corrected chi connectivity index (χ3v) is 9.95. The van der Waals surface area contributed by atoms with E-state index in [4.69, 9.17) is 9.47 Å². The van der Waals surface area contributed by atoms with Crippen LogP contribution in [0.3, 0.4) is 0 Å². The number of unbranched alkanes of at least 4 members (excludes halogenated alkanes) is 24. The average molecular weight is 643 g/mol. The van der Waals surface area contributed by atoms with Crippen LogP contribution in [0.1, 0.15) is 233 Å². The number of hydrogen-bond acceptors (Lipinski definition) is 2. The summed E-state index contributed by atoms with van der Waals surface area (Å²) in [7, 11) is 0. The predicted octanol–water partition coefficient (Wildman–Crippen LogP) is 15.7. The molecule has 270 valence electrons. The van der Waals surface area contributed by atoms with Gasteiger partial charge in [0.15, 0.2) is 0 Å². The number of ether oxygens (including phenoxy) is 2. The summed E-state index contributed by atoms with van der Waals surface area (Å²) in [5.74, 6) is 2.04. The van der Waals surface area contributed by atoms with E-state index in [-0.39, 0.29) is 0 Å². The van der Waals surface area contributed by atoms with Gasteiger partial charge < -0.3 is 9.47 Å². The highest BCUT2D eigenvalue weighted by molar-refractivity contribution is 5.31. The van der Waals surface area contributed by atoms with Crippen molar-refractivity contribution >= 4 is 0 Å². The molecule has 0 aliphatic heterocycles. The van der Waals surface area contributed by atoms with Crippen molar-refractivity contribution in [2.75, 3.05) is 0 Å². The standard InChI is InChI=1S/C44H82O2/c1-5-9-13-15-17-19-21-23-25-27-31-35-41(33-29-11-7-3)45-43-37-39-44(40-38-43)46-42(34-30-12-8-4)36-32-28-26-24-22-20-18-16-14-10-6-2/h37-42H,5-36H2,1-4H3. The normalized spacial score (nSPS) is 12.8. The minimum absolute atomic E-state index is 0.347. The molecule has 0 N–H and O–H groups in total. The molecule has 1 aromatic rings. The number of rotatable bonds is 36. The summed E-state index contributed by atoms with van der Waals surface area (Å²) in [6, 6.07) is 8.64. The molecule has 0 radical (unpaired) electrons. The predicted molar refractivity (Wildman–Crippen MR) is 206 cm³/mol. The molecule has 0 fully saturated rings. The first kappa shape index (κ1) is 42.8. The largest absolute Gasteiger partial charge is 0.490 e. The quantitative estimate of drug-likeness (QED) is 0.0678. The molecule has 2 atom stereocenters. The summed E-state index contributed by atoms with van der Waals surface area (Å²) in [6.07, 6.45) is 44.0. The van der Waals surface area contributed by atoms with E-state index >= 15 is 0 Å². The number of hydrogen-bond donors (Lipinski definition) is 0. The minimum atomic E-state index is 0.347. The fraction of sp³-hybridized carbons (Fsp3) is 0.864. The third-order valence-electron chi connectivity index (χ3n) is 9.95. The fourth-order valence-corrected chi connectivity index (χ4v) is 6.82. The maximum absolute atomic E-state index is 6.58. The van der Waals surface area contributed by atoms with Crippen LogP contribution in [0.15, 0.2) is 24.3 Å². The summed E-state index contributed by atoms with van der Waals surface area (Å²) in [5, 5.41) is 0. The maximum Gasteiger partial charge on any atom is 0.119 e. The Morgan fingerprint density at radius 2 is 0.500 bits per heavy atom. The van der Waals surface area contributed by atoms with E-state index in [1.807, 2.05) is 0 Å². The SMILES string of the molecule is CCCCCCCCCCCCCC(CCCCC)Oc1ccc(OC(CCCCC)CCCCCCCCCCCCC)cc1. The lowest BCUT2D eigenvalue weighted by molar-refractivity contribution is 0.167. The van der Waals surface area contributed by atoms with Crippen molar-refractivity contribution in [2.45, 2.75) is 245 Å². The van der Waals surface area contributed by atoms with Crippen molar-refractivity contribution in [1.82, 2.24) is 0 Å². The Labute approximate surface area is 290 Å². The van der Waals surface area contributed by atoms with E-state index in [1.54, 1.807) is 0 Å². The summed E-state index contributed by atoms with van der Waals surface area (Å²) in [5.41, 5.74) is 0. The van der Waals surface area contributed by atoms with Crippen LogP contribution in [0.2, 0.25) is 0 Å². The second-order valence-corrected chi connectivity index (χ2v) is 14.6. The van der Waals surface area contributed by atoms with Gasteiger partial charge in [0.1, 0.15) is 11.5 Å². The van der Waals surface area contributed by atoms with Gasteiger partial charge in [0.25, 0.3) is 0 Å². The summed E-state index contributed by atoms with van der Waals surface area (Å²) in [6.45, 7) is 9.20. The van der Waals surface area contributed by atoms with E-state index in [0.717, 1.165) is 11.5 Å². The van der Waals surface area contributed by atoms with E-state index < -0.39 is 0 Å². The summed E-state index contributed by atoms with van der Waals surface area (Å²) >= 11 is 0. The van der Waals surface area contributed by atoms with Gasteiger partial charge in [-0.15, -0.1) is 0 Å². The molecule has 0 aliphatic rings. The zero-order valence-corrected chi connectivity index (χ0v) is 31.9. The van der Waals surface area contributed by atoms with Gasteiger partial charge >= 0.3 is 0 Å². The molecular weight excluding hydrogens is 560 g/mol. The summed E-state index contributed by atoms with van der Waals surface area (Å²) < 4.78 is 13.2. The molecule has 0 aromatic heterocycles. The second-order valence-electron chi connectivity index (χ2n) is 14.6. The maximum atomic E-state index is 6.58. The van der Waals surface area contributed by atoms with Crippen LogP contribution in [0.4, 0.5) is 0 Å². The Hall–Kier alpha value is -1.18. The lowest BCUT2D eigenvalue weighted by Crippen LogP contribution is -2.17. The highest BCUT2D eigenvalue weighted by atomic mass is 16.5. The molecule has 0 saturated carbocycles. The van der Waals surface area contributed by atoms with Gasteiger partial charge in [-0.2, -0.15) is 0 Å². The van der Waals surface area contributed by atoms with E-state index in [1.165, 1.54) is 205 Å². The third kappa shape index (κ3) is 26.8. The van der Waals surface area contributed by atoms with Crippen LogP contribution in [0.5, 0.6) is 11.5 Å². The van der Waals surface area contributed by atoms with E-state index in [0.29, 0.717) is 12.2 Å². The van der Waals surface area contributed by atoms with Gasteiger partial charge in [-0.3, -0.25) is 0 Å². The van der Waals surface area contributed by atoms with Crippen LogP contribution < -0.4 is 9.47 Å². The van der Waals surface area contributed by atoms with Gasteiger partial charge in [-0.25, -0.2) is 0 Å². The number of benzene rings is 1.